The number of halogens is 2. The van der Waals surface area contributed by atoms with E-state index < -0.39 is 6.04 Å². The number of hydrogen-bond acceptors (Lipinski definition) is 7. The van der Waals surface area contributed by atoms with Gasteiger partial charge in [0.05, 0.1) is 16.7 Å². The minimum absolute atomic E-state index is 0.248. The Kier molecular flexibility index (Phi) is 10.7. The van der Waals surface area contributed by atoms with Crippen molar-refractivity contribution in [3.63, 3.8) is 0 Å². The van der Waals surface area contributed by atoms with Crippen molar-refractivity contribution >= 4 is 56.8 Å². The normalized spacial score (nSPS) is 13.9. The van der Waals surface area contributed by atoms with Gasteiger partial charge in [0.25, 0.3) is 5.91 Å². The van der Waals surface area contributed by atoms with E-state index >= 15 is 0 Å². The lowest BCUT2D eigenvalue weighted by atomic mass is 9.94. The third kappa shape index (κ3) is 7.82. The van der Waals surface area contributed by atoms with E-state index in [0.717, 1.165) is 39.1 Å². The molecule has 1 amide bonds. The smallest absolute Gasteiger partial charge is 0.255 e. The number of thioether (sulfide) groups is 1. The van der Waals surface area contributed by atoms with Crippen LogP contribution in [0.3, 0.4) is 0 Å². The lowest BCUT2D eigenvalue weighted by Gasteiger charge is -2.29. The predicted octanol–water partition coefficient (Wildman–Crippen LogP) is 9.82. The first-order valence-corrected chi connectivity index (χ1v) is 18.1. The van der Waals surface area contributed by atoms with Crippen LogP contribution >= 0.6 is 39.3 Å². The number of carbonyl (C=O) groups is 1. The highest BCUT2D eigenvalue weighted by molar-refractivity contribution is 9.10. The average Bonchev–Trinajstić information content (AvgIpc) is 3.47. The molecule has 8 nitrogen and oxygen atoms in total. The standard InChI is InChI=1S/C38H37BrClN5O3S/c1-6-47-32-19-28(18-29(39)35(32)48-20-26-11-9-10-22(2)17-26)34-33(36(46)42-31-15-14-23(3)16-24(31)4)25(5)41-37-43-38(44-45(34)37)49-21-27-12-7-8-13-30(27)40/h7-19,34H,6,20-21H2,1-5H3,(H,42,46)(H,41,43,44). The SMILES string of the molecule is CCOc1cc(C2C(C(=O)Nc3ccc(C)cc3C)=C(C)Nc3nc(SCc4ccccc4Cl)nn32)cc(Br)c1OCc1cccc(C)c1. The van der Waals surface area contributed by atoms with E-state index in [-0.39, 0.29) is 5.91 Å². The molecular weight excluding hydrogens is 722 g/mol. The summed E-state index contributed by atoms with van der Waals surface area (Å²) in [7, 11) is 0. The molecule has 4 aromatic carbocycles. The number of aryl methyl sites for hydroxylation is 3. The number of hydrogen-bond donors (Lipinski definition) is 2. The quantitative estimate of drug-likeness (QED) is 0.130. The topological polar surface area (TPSA) is 90.3 Å². The second kappa shape index (κ2) is 15.1. The second-order valence-electron chi connectivity index (χ2n) is 11.9. The zero-order chi connectivity index (χ0) is 34.7. The summed E-state index contributed by atoms with van der Waals surface area (Å²) in [6, 6.07) is 25.1. The van der Waals surface area contributed by atoms with Crippen LogP contribution in [0.25, 0.3) is 0 Å². The molecule has 5 aromatic rings. The number of fused-ring (bicyclic) bond motifs is 1. The van der Waals surface area contributed by atoms with Crippen molar-refractivity contribution in [3.8, 4) is 11.5 Å². The summed E-state index contributed by atoms with van der Waals surface area (Å²) >= 11 is 11.7. The van der Waals surface area contributed by atoms with Gasteiger partial charge in [-0.15, -0.1) is 5.10 Å². The van der Waals surface area contributed by atoms with Crippen LogP contribution in [-0.2, 0) is 17.2 Å². The van der Waals surface area contributed by atoms with Crippen LogP contribution in [-0.4, -0.2) is 27.3 Å². The number of anilines is 2. The highest BCUT2D eigenvalue weighted by Gasteiger charge is 2.36. The number of amides is 1. The van der Waals surface area contributed by atoms with Gasteiger partial charge in [0.1, 0.15) is 12.6 Å². The van der Waals surface area contributed by atoms with Crippen molar-refractivity contribution in [2.45, 2.75) is 58.2 Å². The zero-order valence-corrected chi connectivity index (χ0v) is 31.1. The second-order valence-corrected chi connectivity index (χ2v) is 14.1. The van der Waals surface area contributed by atoms with Crippen LogP contribution in [0.1, 0.15) is 53.3 Å². The Labute approximate surface area is 304 Å². The Balaban J connectivity index is 1.40. The van der Waals surface area contributed by atoms with Crippen LogP contribution in [0.4, 0.5) is 11.6 Å². The van der Waals surface area contributed by atoms with Crippen LogP contribution in [0.5, 0.6) is 11.5 Å². The number of rotatable bonds is 11. The molecule has 49 heavy (non-hydrogen) atoms. The number of benzene rings is 4. The molecule has 2 heterocycles. The number of carbonyl (C=O) groups excluding carboxylic acids is 1. The monoisotopic (exact) mass is 757 g/mol. The van der Waals surface area contributed by atoms with E-state index in [1.165, 1.54) is 11.8 Å². The van der Waals surface area contributed by atoms with Crippen molar-refractivity contribution < 1.29 is 14.3 Å². The molecular formula is C38H37BrClN5O3S. The summed E-state index contributed by atoms with van der Waals surface area (Å²) < 4.78 is 14.9. The molecule has 0 fully saturated rings. The average molecular weight is 759 g/mol. The molecule has 1 aliphatic heterocycles. The molecule has 1 unspecified atom stereocenters. The summed E-state index contributed by atoms with van der Waals surface area (Å²) in [6.45, 7) is 10.7. The van der Waals surface area contributed by atoms with Gasteiger partial charge in [0, 0.05) is 22.2 Å². The molecule has 0 spiro atoms. The van der Waals surface area contributed by atoms with E-state index in [0.29, 0.717) is 62.3 Å². The van der Waals surface area contributed by atoms with E-state index in [1.807, 2.05) is 94.4 Å². The van der Waals surface area contributed by atoms with E-state index in [4.69, 9.17) is 31.2 Å². The van der Waals surface area contributed by atoms with E-state index in [9.17, 15) is 4.79 Å². The highest BCUT2D eigenvalue weighted by atomic mass is 79.9. The molecule has 0 saturated heterocycles. The molecule has 2 N–H and O–H groups in total. The van der Waals surface area contributed by atoms with Crippen LogP contribution < -0.4 is 20.1 Å². The molecule has 1 atom stereocenters. The molecule has 0 aliphatic carbocycles. The minimum Gasteiger partial charge on any atom is -0.490 e. The third-order valence-corrected chi connectivity index (χ3v) is 9.98. The fourth-order valence-electron chi connectivity index (χ4n) is 5.80. The fraction of sp³-hybridized carbons (Fsp3) is 0.237. The fourth-order valence-corrected chi connectivity index (χ4v) is 7.49. The molecule has 6 rings (SSSR count). The maximum absolute atomic E-state index is 14.3. The van der Waals surface area contributed by atoms with Crippen molar-refractivity contribution in [2.24, 2.45) is 0 Å². The van der Waals surface area contributed by atoms with Gasteiger partial charge >= 0.3 is 0 Å². The lowest BCUT2D eigenvalue weighted by molar-refractivity contribution is -0.113. The van der Waals surface area contributed by atoms with Gasteiger partial charge in [-0.3, -0.25) is 4.79 Å². The largest absolute Gasteiger partial charge is 0.490 e. The van der Waals surface area contributed by atoms with Crippen LogP contribution in [0, 0.1) is 20.8 Å². The summed E-state index contributed by atoms with van der Waals surface area (Å²) in [5, 5.41) is 12.7. The maximum atomic E-state index is 14.3. The molecule has 1 aliphatic rings. The van der Waals surface area contributed by atoms with Crippen molar-refractivity contribution in [2.75, 3.05) is 17.2 Å². The van der Waals surface area contributed by atoms with Gasteiger partial charge in [-0.05, 0) is 97.1 Å². The van der Waals surface area contributed by atoms with Crippen molar-refractivity contribution in [1.82, 2.24) is 14.8 Å². The Morgan fingerprint density at radius 1 is 1.00 bits per heavy atom. The van der Waals surface area contributed by atoms with E-state index in [2.05, 4.69) is 45.6 Å². The first-order chi connectivity index (χ1) is 23.6. The summed E-state index contributed by atoms with van der Waals surface area (Å²) in [5.41, 5.74) is 7.98. The van der Waals surface area contributed by atoms with Gasteiger partial charge in [-0.1, -0.05) is 89.1 Å². The number of allylic oxidation sites excluding steroid dienone is 1. The highest BCUT2D eigenvalue weighted by Crippen LogP contribution is 2.44. The van der Waals surface area contributed by atoms with Gasteiger partial charge in [0.15, 0.2) is 11.5 Å². The molecule has 252 valence electrons. The van der Waals surface area contributed by atoms with Crippen molar-refractivity contribution in [3.05, 3.63) is 133 Å². The number of nitrogens with one attached hydrogen (secondary N) is 2. The predicted molar refractivity (Wildman–Crippen MR) is 201 cm³/mol. The zero-order valence-electron chi connectivity index (χ0n) is 27.9. The van der Waals surface area contributed by atoms with Crippen molar-refractivity contribution in [1.29, 1.82) is 0 Å². The van der Waals surface area contributed by atoms with Gasteiger partial charge in [-0.25, -0.2) is 4.68 Å². The van der Waals surface area contributed by atoms with Gasteiger partial charge < -0.3 is 20.1 Å². The molecule has 11 heteroatoms. The van der Waals surface area contributed by atoms with Gasteiger partial charge in [0.2, 0.25) is 11.1 Å². The van der Waals surface area contributed by atoms with Crippen LogP contribution in [0.2, 0.25) is 5.02 Å². The van der Waals surface area contributed by atoms with E-state index in [1.54, 1.807) is 4.68 Å². The molecule has 0 saturated carbocycles. The number of ether oxygens (including phenoxy) is 2. The molecule has 0 bridgehead atoms. The third-order valence-electron chi connectivity index (χ3n) is 8.14. The Morgan fingerprint density at radius 3 is 2.55 bits per heavy atom. The Bertz CT molecular complexity index is 2060. The maximum Gasteiger partial charge on any atom is 0.255 e. The lowest BCUT2D eigenvalue weighted by Crippen LogP contribution is -2.31. The number of nitrogens with zero attached hydrogens (tertiary/aromatic N) is 3. The summed E-state index contributed by atoms with van der Waals surface area (Å²) in [6.07, 6.45) is 0. The van der Waals surface area contributed by atoms with Gasteiger partial charge in [-0.2, -0.15) is 4.98 Å². The summed E-state index contributed by atoms with van der Waals surface area (Å²) in [5.74, 6) is 2.01. The van der Waals surface area contributed by atoms with Crippen LogP contribution in [0.15, 0.2) is 99.8 Å². The number of aromatic nitrogens is 3. The Morgan fingerprint density at radius 2 is 1.80 bits per heavy atom. The Hall–Kier alpha value is -4.25. The first-order valence-electron chi connectivity index (χ1n) is 15.9. The molecule has 0 radical (unpaired) electrons. The first kappa shape index (κ1) is 34.6. The summed E-state index contributed by atoms with van der Waals surface area (Å²) in [4.78, 5) is 19.1. The minimum atomic E-state index is -0.634. The molecule has 1 aromatic heterocycles.